The van der Waals surface area contributed by atoms with Crippen LogP contribution in [0.5, 0.6) is 0 Å². The summed E-state index contributed by atoms with van der Waals surface area (Å²) in [4.78, 5) is 2.60. The molecule has 2 nitrogen and oxygen atoms in total. The molecular formula is C16H25BrN2. The van der Waals surface area contributed by atoms with E-state index in [-0.39, 0.29) is 6.04 Å². The summed E-state index contributed by atoms with van der Waals surface area (Å²) in [6.45, 7) is 7.98. The first-order chi connectivity index (χ1) is 9.00. The van der Waals surface area contributed by atoms with Crippen LogP contribution in [0.1, 0.15) is 45.2 Å². The largest absolute Gasteiger partial charge is 0.326 e. The van der Waals surface area contributed by atoms with E-state index < -0.39 is 0 Å². The van der Waals surface area contributed by atoms with Crippen LogP contribution in [0.25, 0.3) is 0 Å². The summed E-state index contributed by atoms with van der Waals surface area (Å²) in [5.41, 5.74) is 7.62. The Kier molecular flexibility index (Phi) is 5.04. The highest BCUT2D eigenvalue weighted by atomic mass is 79.9. The van der Waals surface area contributed by atoms with Crippen molar-refractivity contribution in [1.82, 2.24) is 4.90 Å². The highest BCUT2D eigenvalue weighted by Crippen LogP contribution is 2.33. The Balaban J connectivity index is 2.29. The molecule has 1 aliphatic heterocycles. The lowest BCUT2D eigenvalue weighted by molar-refractivity contribution is 0.0579. The van der Waals surface area contributed by atoms with Crippen LogP contribution in [0.4, 0.5) is 0 Å². The van der Waals surface area contributed by atoms with Gasteiger partial charge in [-0.2, -0.15) is 0 Å². The number of likely N-dealkylation sites (tertiary alicyclic amines) is 1. The van der Waals surface area contributed by atoms with Gasteiger partial charge in [0.05, 0.1) is 0 Å². The number of rotatable bonds is 3. The van der Waals surface area contributed by atoms with Crippen LogP contribution in [0.3, 0.4) is 0 Å². The summed E-state index contributed by atoms with van der Waals surface area (Å²) in [5, 5.41) is 0. The smallest absolute Gasteiger partial charge is 0.0499 e. The van der Waals surface area contributed by atoms with E-state index in [4.69, 9.17) is 5.73 Å². The molecular weight excluding hydrogens is 300 g/mol. The molecule has 19 heavy (non-hydrogen) atoms. The topological polar surface area (TPSA) is 29.3 Å². The maximum atomic E-state index is 6.30. The van der Waals surface area contributed by atoms with Crippen LogP contribution < -0.4 is 5.73 Å². The zero-order valence-corrected chi connectivity index (χ0v) is 13.7. The van der Waals surface area contributed by atoms with Crippen LogP contribution in [0.15, 0.2) is 28.7 Å². The third-order valence-electron chi connectivity index (χ3n) is 4.47. The average Bonchev–Trinajstić information content (AvgIpc) is 2.34. The van der Waals surface area contributed by atoms with Gasteiger partial charge in [0.15, 0.2) is 0 Å². The van der Waals surface area contributed by atoms with E-state index in [1.54, 1.807) is 0 Å². The van der Waals surface area contributed by atoms with Crippen molar-refractivity contribution in [2.45, 2.75) is 51.7 Å². The van der Waals surface area contributed by atoms with Crippen molar-refractivity contribution in [2.24, 2.45) is 11.7 Å². The predicted molar refractivity (Wildman–Crippen MR) is 85.1 cm³/mol. The van der Waals surface area contributed by atoms with Crippen molar-refractivity contribution in [1.29, 1.82) is 0 Å². The second-order valence-electron chi connectivity index (χ2n) is 5.96. The van der Waals surface area contributed by atoms with Crippen molar-refractivity contribution in [3.8, 4) is 0 Å². The van der Waals surface area contributed by atoms with Gasteiger partial charge in [-0.15, -0.1) is 0 Å². The molecule has 3 heteroatoms. The van der Waals surface area contributed by atoms with Gasteiger partial charge in [0.25, 0.3) is 0 Å². The highest BCUT2D eigenvalue weighted by molar-refractivity contribution is 9.10. The molecule has 0 saturated carbocycles. The van der Waals surface area contributed by atoms with E-state index in [1.165, 1.54) is 18.4 Å². The lowest BCUT2D eigenvalue weighted by atomic mass is 9.87. The minimum atomic E-state index is 0.141. The molecule has 1 heterocycles. The second kappa shape index (κ2) is 6.38. The van der Waals surface area contributed by atoms with Crippen LogP contribution in [0.2, 0.25) is 0 Å². The number of nitrogens with two attached hydrogens (primary N) is 1. The van der Waals surface area contributed by atoms with Crippen molar-refractivity contribution in [3.05, 3.63) is 34.3 Å². The van der Waals surface area contributed by atoms with E-state index >= 15 is 0 Å². The number of piperidine rings is 1. The van der Waals surface area contributed by atoms with E-state index in [0.717, 1.165) is 16.9 Å². The van der Waals surface area contributed by atoms with E-state index in [1.807, 2.05) is 0 Å². The summed E-state index contributed by atoms with van der Waals surface area (Å²) in [6.07, 6.45) is 2.62. The molecule has 1 fully saturated rings. The Morgan fingerprint density at radius 3 is 2.74 bits per heavy atom. The molecule has 0 aromatic heterocycles. The SMILES string of the molecule is CC(N)C(c1cccc(Br)c1)N1CCCC(C)C1C. The summed E-state index contributed by atoms with van der Waals surface area (Å²) in [7, 11) is 0. The summed E-state index contributed by atoms with van der Waals surface area (Å²) in [5.74, 6) is 0.752. The summed E-state index contributed by atoms with van der Waals surface area (Å²) >= 11 is 3.57. The molecule has 4 unspecified atom stereocenters. The Morgan fingerprint density at radius 1 is 1.37 bits per heavy atom. The average molecular weight is 325 g/mol. The lowest BCUT2D eigenvalue weighted by Gasteiger charge is -2.44. The molecule has 1 aromatic rings. The molecule has 2 N–H and O–H groups in total. The zero-order valence-electron chi connectivity index (χ0n) is 12.1. The molecule has 1 aromatic carbocycles. The van der Waals surface area contributed by atoms with Gasteiger partial charge in [0.2, 0.25) is 0 Å². The standard InChI is InChI=1S/C16H25BrN2/c1-11-6-5-9-19(13(11)3)16(12(2)18)14-7-4-8-15(17)10-14/h4,7-8,10-13,16H,5-6,9,18H2,1-3H3. The third kappa shape index (κ3) is 3.39. The van der Waals surface area contributed by atoms with Crippen LogP contribution in [-0.4, -0.2) is 23.5 Å². The van der Waals surface area contributed by atoms with E-state index in [0.29, 0.717) is 12.1 Å². The van der Waals surface area contributed by atoms with E-state index in [2.05, 4.69) is 65.9 Å². The molecule has 1 aliphatic rings. The maximum absolute atomic E-state index is 6.30. The fourth-order valence-electron chi connectivity index (χ4n) is 3.25. The molecule has 2 rings (SSSR count). The number of hydrogen-bond acceptors (Lipinski definition) is 2. The van der Waals surface area contributed by atoms with Crippen LogP contribution >= 0.6 is 15.9 Å². The van der Waals surface area contributed by atoms with Gasteiger partial charge >= 0.3 is 0 Å². The fraction of sp³-hybridized carbons (Fsp3) is 0.625. The first kappa shape index (κ1) is 15.0. The number of hydrogen-bond donors (Lipinski definition) is 1. The molecule has 0 spiro atoms. The minimum absolute atomic E-state index is 0.141. The quantitative estimate of drug-likeness (QED) is 0.911. The molecule has 0 aliphatic carbocycles. The Bertz CT molecular complexity index is 419. The Morgan fingerprint density at radius 2 is 2.11 bits per heavy atom. The van der Waals surface area contributed by atoms with E-state index in [9.17, 15) is 0 Å². The van der Waals surface area contributed by atoms with Gasteiger partial charge in [0.1, 0.15) is 0 Å². The van der Waals surface area contributed by atoms with Crippen molar-refractivity contribution >= 4 is 15.9 Å². The van der Waals surface area contributed by atoms with Gasteiger partial charge in [-0.3, -0.25) is 4.90 Å². The number of benzene rings is 1. The molecule has 1 saturated heterocycles. The lowest BCUT2D eigenvalue weighted by Crippen LogP contribution is -2.49. The Labute approximate surface area is 125 Å². The molecule has 4 atom stereocenters. The third-order valence-corrected chi connectivity index (χ3v) is 4.96. The number of halogens is 1. The van der Waals surface area contributed by atoms with Gasteiger partial charge in [-0.1, -0.05) is 35.0 Å². The zero-order chi connectivity index (χ0) is 14.0. The predicted octanol–water partition coefficient (Wildman–Crippen LogP) is 3.96. The van der Waals surface area contributed by atoms with Crippen molar-refractivity contribution < 1.29 is 0 Å². The van der Waals surface area contributed by atoms with Crippen molar-refractivity contribution in [3.63, 3.8) is 0 Å². The Hall–Kier alpha value is -0.380. The highest BCUT2D eigenvalue weighted by Gasteiger charge is 2.32. The minimum Gasteiger partial charge on any atom is -0.326 e. The first-order valence-corrected chi connectivity index (χ1v) is 8.06. The number of nitrogens with zero attached hydrogens (tertiary/aromatic N) is 1. The van der Waals surface area contributed by atoms with Crippen molar-refractivity contribution in [2.75, 3.05) is 6.54 Å². The van der Waals surface area contributed by atoms with Crippen LogP contribution in [0, 0.1) is 5.92 Å². The monoisotopic (exact) mass is 324 g/mol. The van der Waals surface area contributed by atoms with Crippen LogP contribution in [-0.2, 0) is 0 Å². The van der Waals surface area contributed by atoms with Gasteiger partial charge < -0.3 is 5.73 Å². The molecule has 0 amide bonds. The normalized spacial score (nSPS) is 28.1. The van der Waals surface area contributed by atoms with Gasteiger partial charge in [-0.05, 0) is 56.8 Å². The molecule has 0 radical (unpaired) electrons. The fourth-order valence-corrected chi connectivity index (χ4v) is 3.66. The summed E-state index contributed by atoms with van der Waals surface area (Å²) in [6, 6.07) is 9.64. The molecule has 0 bridgehead atoms. The van der Waals surface area contributed by atoms with Gasteiger partial charge in [-0.25, -0.2) is 0 Å². The van der Waals surface area contributed by atoms with Gasteiger partial charge in [0, 0.05) is 22.6 Å². The first-order valence-electron chi connectivity index (χ1n) is 7.27. The second-order valence-corrected chi connectivity index (χ2v) is 6.87. The summed E-state index contributed by atoms with van der Waals surface area (Å²) < 4.78 is 1.13. The molecule has 106 valence electrons. The maximum Gasteiger partial charge on any atom is 0.0499 e.